The first-order valence-corrected chi connectivity index (χ1v) is 5.65. The first-order valence-electron chi connectivity index (χ1n) is 5.65. The lowest BCUT2D eigenvalue weighted by Crippen LogP contribution is -2.21. The predicted molar refractivity (Wildman–Crippen MR) is 56.9 cm³/mol. The maximum Gasteiger partial charge on any atom is 0.0731 e. The topological polar surface area (TPSA) is 9.23 Å². The molecule has 0 amide bonds. The molecule has 0 bridgehead atoms. The molecule has 0 aliphatic carbocycles. The van der Waals surface area contributed by atoms with E-state index in [9.17, 15) is 0 Å². The normalized spacial score (nSPS) is 27.8. The molecule has 13 heavy (non-hydrogen) atoms. The SMILES string of the molecule is CCCCCC[C@@H]1CC=C[C@@H](C)O1. The molecule has 0 unspecified atom stereocenters. The monoisotopic (exact) mass is 182 g/mol. The van der Waals surface area contributed by atoms with Gasteiger partial charge in [-0.05, 0) is 19.8 Å². The molecular weight excluding hydrogens is 160 g/mol. The van der Waals surface area contributed by atoms with Gasteiger partial charge in [0.1, 0.15) is 0 Å². The van der Waals surface area contributed by atoms with Gasteiger partial charge in [-0.1, -0.05) is 44.8 Å². The van der Waals surface area contributed by atoms with E-state index in [1.807, 2.05) is 0 Å². The van der Waals surface area contributed by atoms with Crippen LogP contribution in [-0.2, 0) is 4.74 Å². The largest absolute Gasteiger partial charge is 0.371 e. The molecule has 0 radical (unpaired) electrons. The number of ether oxygens (including phenoxy) is 1. The van der Waals surface area contributed by atoms with Gasteiger partial charge in [-0.3, -0.25) is 0 Å². The molecular formula is C12H22O. The van der Waals surface area contributed by atoms with Crippen LogP contribution in [0.15, 0.2) is 12.2 Å². The summed E-state index contributed by atoms with van der Waals surface area (Å²) < 4.78 is 5.78. The Bertz CT molecular complexity index is 151. The van der Waals surface area contributed by atoms with Crippen molar-refractivity contribution < 1.29 is 4.74 Å². The molecule has 0 saturated carbocycles. The van der Waals surface area contributed by atoms with Crippen LogP contribution < -0.4 is 0 Å². The van der Waals surface area contributed by atoms with Crippen molar-refractivity contribution in [3.8, 4) is 0 Å². The minimum Gasteiger partial charge on any atom is -0.371 e. The minimum absolute atomic E-state index is 0.338. The zero-order valence-electron chi connectivity index (χ0n) is 8.96. The number of rotatable bonds is 5. The Labute approximate surface area is 82.2 Å². The Morgan fingerprint density at radius 3 is 2.85 bits per heavy atom. The Kier molecular flexibility index (Phi) is 5.14. The molecule has 1 nitrogen and oxygen atoms in total. The van der Waals surface area contributed by atoms with Gasteiger partial charge >= 0.3 is 0 Å². The smallest absolute Gasteiger partial charge is 0.0731 e. The fourth-order valence-electron chi connectivity index (χ4n) is 1.81. The second kappa shape index (κ2) is 6.20. The molecule has 0 aromatic heterocycles. The van der Waals surface area contributed by atoms with E-state index in [4.69, 9.17) is 4.74 Å². The van der Waals surface area contributed by atoms with Crippen molar-refractivity contribution in [1.82, 2.24) is 0 Å². The van der Waals surface area contributed by atoms with Gasteiger partial charge in [-0.25, -0.2) is 0 Å². The van der Waals surface area contributed by atoms with E-state index >= 15 is 0 Å². The Hall–Kier alpha value is -0.300. The molecule has 0 aromatic rings. The lowest BCUT2D eigenvalue weighted by atomic mass is 10.0. The standard InChI is InChI=1S/C12H22O/c1-3-4-5-6-9-12-10-7-8-11(2)13-12/h7-8,11-12H,3-6,9-10H2,1-2H3/t11-,12-/m1/s1. The molecule has 0 spiro atoms. The van der Waals surface area contributed by atoms with Crippen molar-refractivity contribution in [3.63, 3.8) is 0 Å². The third-order valence-electron chi connectivity index (χ3n) is 2.59. The molecule has 1 rings (SSSR count). The van der Waals surface area contributed by atoms with Gasteiger partial charge < -0.3 is 4.74 Å². The molecule has 1 aliphatic rings. The highest BCUT2D eigenvalue weighted by Crippen LogP contribution is 2.17. The highest BCUT2D eigenvalue weighted by Gasteiger charge is 2.13. The van der Waals surface area contributed by atoms with E-state index in [-0.39, 0.29) is 0 Å². The third kappa shape index (κ3) is 4.47. The lowest BCUT2D eigenvalue weighted by Gasteiger charge is -2.23. The zero-order valence-corrected chi connectivity index (χ0v) is 8.96. The van der Waals surface area contributed by atoms with Crippen LogP contribution >= 0.6 is 0 Å². The minimum atomic E-state index is 0.338. The zero-order chi connectivity index (χ0) is 9.52. The summed E-state index contributed by atoms with van der Waals surface area (Å²) >= 11 is 0. The number of hydrogen-bond donors (Lipinski definition) is 0. The van der Waals surface area contributed by atoms with Crippen molar-refractivity contribution in [2.75, 3.05) is 0 Å². The fourth-order valence-corrected chi connectivity index (χ4v) is 1.81. The van der Waals surface area contributed by atoms with Gasteiger partial charge in [-0.2, -0.15) is 0 Å². The van der Waals surface area contributed by atoms with Crippen molar-refractivity contribution in [2.45, 2.75) is 64.6 Å². The van der Waals surface area contributed by atoms with Crippen LogP contribution in [0.3, 0.4) is 0 Å². The van der Waals surface area contributed by atoms with Crippen molar-refractivity contribution in [3.05, 3.63) is 12.2 Å². The van der Waals surface area contributed by atoms with Gasteiger partial charge in [0.05, 0.1) is 12.2 Å². The van der Waals surface area contributed by atoms with Gasteiger partial charge in [0.25, 0.3) is 0 Å². The summed E-state index contributed by atoms with van der Waals surface area (Å²) in [5.41, 5.74) is 0. The summed E-state index contributed by atoms with van der Waals surface area (Å²) in [6.07, 6.45) is 13.0. The highest BCUT2D eigenvalue weighted by molar-refractivity contribution is 4.94. The Morgan fingerprint density at radius 1 is 1.31 bits per heavy atom. The second-order valence-corrected chi connectivity index (χ2v) is 3.98. The van der Waals surface area contributed by atoms with Crippen LogP contribution in [0, 0.1) is 0 Å². The number of hydrogen-bond acceptors (Lipinski definition) is 1. The Morgan fingerprint density at radius 2 is 2.15 bits per heavy atom. The van der Waals surface area contributed by atoms with E-state index in [2.05, 4.69) is 26.0 Å². The molecule has 1 aliphatic heterocycles. The first kappa shape index (κ1) is 10.8. The molecule has 1 heteroatoms. The van der Waals surface area contributed by atoms with E-state index in [1.165, 1.54) is 32.1 Å². The fraction of sp³-hybridized carbons (Fsp3) is 0.833. The van der Waals surface area contributed by atoms with Crippen molar-refractivity contribution in [1.29, 1.82) is 0 Å². The summed E-state index contributed by atoms with van der Waals surface area (Å²) in [7, 11) is 0. The first-order chi connectivity index (χ1) is 6.33. The van der Waals surface area contributed by atoms with Crippen LogP contribution in [0.4, 0.5) is 0 Å². The quantitative estimate of drug-likeness (QED) is 0.465. The maximum absolute atomic E-state index is 5.78. The Balaban J connectivity index is 2.05. The number of unbranched alkanes of at least 4 members (excludes halogenated alkanes) is 3. The molecule has 0 aromatic carbocycles. The average Bonchev–Trinajstić information content (AvgIpc) is 2.13. The van der Waals surface area contributed by atoms with Crippen molar-refractivity contribution >= 4 is 0 Å². The van der Waals surface area contributed by atoms with Crippen LogP contribution in [0.5, 0.6) is 0 Å². The van der Waals surface area contributed by atoms with E-state index in [0.29, 0.717) is 12.2 Å². The highest BCUT2D eigenvalue weighted by atomic mass is 16.5. The van der Waals surface area contributed by atoms with Crippen LogP contribution in [0.1, 0.15) is 52.4 Å². The molecule has 76 valence electrons. The summed E-state index contributed by atoms with van der Waals surface area (Å²) in [5.74, 6) is 0. The summed E-state index contributed by atoms with van der Waals surface area (Å²) in [5, 5.41) is 0. The molecule has 1 heterocycles. The summed E-state index contributed by atoms with van der Waals surface area (Å²) in [6.45, 7) is 4.37. The lowest BCUT2D eigenvalue weighted by molar-refractivity contribution is 0.00964. The van der Waals surface area contributed by atoms with Crippen LogP contribution in [0.2, 0.25) is 0 Å². The van der Waals surface area contributed by atoms with Gasteiger partial charge in [-0.15, -0.1) is 0 Å². The molecule has 0 N–H and O–H groups in total. The predicted octanol–water partition coefficient (Wildman–Crippen LogP) is 3.69. The third-order valence-corrected chi connectivity index (χ3v) is 2.59. The molecule has 0 saturated heterocycles. The van der Waals surface area contributed by atoms with E-state index < -0.39 is 0 Å². The average molecular weight is 182 g/mol. The maximum atomic E-state index is 5.78. The van der Waals surface area contributed by atoms with E-state index in [0.717, 1.165) is 6.42 Å². The second-order valence-electron chi connectivity index (χ2n) is 3.98. The van der Waals surface area contributed by atoms with Crippen LogP contribution in [0.25, 0.3) is 0 Å². The van der Waals surface area contributed by atoms with Gasteiger partial charge in [0.2, 0.25) is 0 Å². The molecule has 2 atom stereocenters. The van der Waals surface area contributed by atoms with Crippen LogP contribution in [-0.4, -0.2) is 12.2 Å². The van der Waals surface area contributed by atoms with Crippen molar-refractivity contribution in [2.24, 2.45) is 0 Å². The molecule has 0 fully saturated rings. The van der Waals surface area contributed by atoms with Gasteiger partial charge in [0.15, 0.2) is 0 Å². The van der Waals surface area contributed by atoms with Gasteiger partial charge in [0, 0.05) is 0 Å². The van der Waals surface area contributed by atoms with E-state index in [1.54, 1.807) is 0 Å². The summed E-state index contributed by atoms with van der Waals surface area (Å²) in [6, 6.07) is 0. The summed E-state index contributed by atoms with van der Waals surface area (Å²) in [4.78, 5) is 0.